The molecular weight excluding hydrogens is 270 g/mol. The smallest absolute Gasteiger partial charge is 0.337 e. The molecule has 1 aliphatic rings. The second-order valence-electron chi connectivity index (χ2n) is 4.80. The quantitative estimate of drug-likeness (QED) is 0.800. The van der Waals surface area contributed by atoms with E-state index in [4.69, 9.17) is 15.6 Å². The van der Waals surface area contributed by atoms with E-state index in [2.05, 4.69) is 10.3 Å². The molecule has 21 heavy (non-hydrogen) atoms. The van der Waals surface area contributed by atoms with Crippen LogP contribution in [0.1, 0.15) is 28.4 Å². The van der Waals surface area contributed by atoms with Crippen LogP contribution >= 0.6 is 0 Å². The summed E-state index contributed by atoms with van der Waals surface area (Å²) in [5, 5.41) is 12.3. The van der Waals surface area contributed by atoms with Crippen LogP contribution < -0.4 is 15.8 Å². The van der Waals surface area contributed by atoms with Crippen molar-refractivity contribution in [2.45, 2.75) is 12.5 Å². The summed E-state index contributed by atoms with van der Waals surface area (Å²) in [6.45, 7) is 0.590. The molecule has 2 heterocycles. The van der Waals surface area contributed by atoms with Crippen molar-refractivity contribution in [2.75, 3.05) is 17.7 Å². The lowest BCUT2D eigenvalue weighted by molar-refractivity contribution is 0.0698. The molecular formula is C15H15N3O3. The van der Waals surface area contributed by atoms with Crippen molar-refractivity contribution in [1.82, 2.24) is 4.98 Å². The summed E-state index contributed by atoms with van der Waals surface area (Å²) in [6, 6.07) is 9.12. The van der Waals surface area contributed by atoms with Crippen LogP contribution in [0.3, 0.4) is 0 Å². The lowest BCUT2D eigenvalue weighted by atomic mass is 10.0. The molecule has 1 atom stereocenters. The number of hydrogen-bond acceptors (Lipinski definition) is 5. The fourth-order valence-corrected chi connectivity index (χ4v) is 2.43. The molecule has 0 saturated carbocycles. The van der Waals surface area contributed by atoms with E-state index in [-0.39, 0.29) is 17.3 Å². The van der Waals surface area contributed by atoms with Crippen LogP contribution in [0.25, 0.3) is 0 Å². The number of benzene rings is 1. The van der Waals surface area contributed by atoms with E-state index in [9.17, 15) is 4.79 Å². The monoisotopic (exact) mass is 285 g/mol. The third-order valence-corrected chi connectivity index (χ3v) is 3.49. The Labute approximate surface area is 121 Å². The number of anilines is 2. The number of aromatic nitrogens is 1. The Hall–Kier alpha value is -2.76. The van der Waals surface area contributed by atoms with Gasteiger partial charge in [-0.15, -0.1) is 0 Å². The van der Waals surface area contributed by atoms with Gasteiger partial charge in [0.1, 0.15) is 5.75 Å². The Morgan fingerprint density at radius 2 is 2.19 bits per heavy atom. The molecule has 0 spiro atoms. The zero-order valence-corrected chi connectivity index (χ0v) is 11.2. The molecule has 1 aromatic heterocycles. The van der Waals surface area contributed by atoms with Crippen LogP contribution in [-0.2, 0) is 0 Å². The molecule has 0 aliphatic carbocycles. The van der Waals surface area contributed by atoms with Crippen molar-refractivity contribution in [1.29, 1.82) is 0 Å². The highest BCUT2D eigenvalue weighted by atomic mass is 16.5. The van der Waals surface area contributed by atoms with Gasteiger partial charge in [0.25, 0.3) is 0 Å². The third kappa shape index (κ3) is 2.47. The molecule has 1 aromatic carbocycles. The predicted molar refractivity (Wildman–Crippen MR) is 78.5 cm³/mol. The Bertz CT molecular complexity index is 688. The van der Waals surface area contributed by atoms with E-state index < -0.39 is 5.97 Å². The van der Waals surface area contributed by atoms with E-state index in [1.165, 1.54) is 12.3 Å². The Morgan fingerprint density at radius 1 is 1.38 bits per heavy atom. The summed E-state index contributed by atoms with van der Waals surface area (Å²) in [5.41, 5.74) is 7.10. The van der Waals surface area contributed by atoms with Crippen LogP contribution in [0.2, 0.25) is 0 Å². The Morgan fingerprint density at radius 3 is 3.00 bits per heavy atom. The van der Waals surface area contributed by atoms with Crippen molar-refractivity contribution in [3.05, 3.63) is 47.7 Å². The SMILES string of the molecule is Nc1c(C(=O)O)ccnc1NC1CCOc2ccccc21. The van der Waals surface area contributed by atoms with Gasteiger partial charge in [0.2, 0.25) is 0 Å². The van der Waals surface area contributed by atoms with Crippen molar-refractivity contribution < 1.29 is 14.6 Å². The number of nitrogens with two attached hydrogens (primary N) is 1. The van der Waals surface area contributed by atoms with Crippen LogP contribution in [-0.4, -0.2) is 22.7 Å². The number of carboxylic acids is 1. The second-order valence-corrected chi connectivity index (χ2v) is 4.80. The molecule has 1 unspecified atom stereocenters. The second kappa shape index (κ2) is 5.32. The number of carboxylic acid groups (broad SMARTS) is 1. The Kier molecular flexibility index (Phi) is 3.35. The Balaban J connectivity index is 1.92. The molecule has 4 N–H and O–H groups in total. The molecule has 0 radical (unpaired) electrons. The van der Waals surface area contributed by atoms with Crippen LogP contribution in [0.15, 0.2) is 36.5 Å². The first-order chi connectivity index (χ1) is 10.2. The normalized spacial score (nSPS) is 16.7. The fourth-order valence-electron chi connectivity index (χ4n) is 2.43. The summed E-state index contributed by atoms with van der Waals surface area (Å²) in [6.07, 6.45) is 2.20. The molecule has 108 valence electrons. The van der Waals surface area contributed by atoms with E-state index in [1.807, 2.05) is 24.3 Å². The van der Waals surface area contributed by atoms with Crippen molar-refractivity contribution in [3.8, 4) is 5.75 Å². The highest BCUT2D eigenvalue weighted by Gasteiger charge is 2.22. The molecule has 0 saturated heterocycles. The molecule has 1 aliphatic heterocycles. The zero-order valence-electron chi connectivity index (χ0n) is 11.2. The number of ether oxygens (including phenoxy) is 1. The number of nitrogens with zero attached hydrogens (tertiary/aromatic N) is 1. The van der Waals surface area contributed by atoms with E-state index in [0.717, 1.165) is 17.7 Å². The molecule has 6 nitrogen and oxygen atoms in total. The summed E-state index contributed by atoms with van der Waals surface area (Å²) in [4.78, 5) is 15.3. The van der Waals surface area contributed by atoms with Crippen LogP contribution in [0.4, 0.5) is 11.5 Å². The van der Waals surface area contributed by atoms with Gasteiger partial charge in [-0.2, -0.15) is 0 Å². The zero-order chi connectivity index (χ0) is 14.8. The summed E-state index contributed by atoms with van der Waals surface area (Å²) in [7, 11) is 0. The van der Waals surface area contributed by atoms with Gasteiger partial charge in [-0.1, -0.05) is 18.2 Å². The van der Waals surface area contributed by atoms with Crippen molar-refractivity contribution >= 4 is 17.5 Å². The van der Waals surface area contributed by atoms with Gasteiger partial charge in [0, 0.05) is 18.2 Å². The molecule has 3 rings (SSSR count). The van der Waals surface area contributed by atoms with Gasteiger partial charge in [0.15, 0.2) is 5.82 Å². The average molecular weight is 285 g/mol. The number of hydrogen-bond donors (Lipinski definition) is 3. The highest BCUT2D eigenvalue weighted by molar-refractivity contribution is 5.96. The minimum atomic E-state index is -1.06. The topological polar surface area (TPSA) is 97.5 Å². The van der Waals surface area contributed by atoms with Gasteiger partial charge in [-0.25, -0.2) is 9.78 Å². The number of nitrogens with one attached hydrogen (secondary N) is 1. The standard InChI is InChI=1S/C15H15N3O3/c16-13-10(15(19)20)5-7-17-14(13)18-11-6-8-21-12-4-2-1-3-9(11)12/h1-5,7,11H,6,8,16H2,(H,17,18)(H,19,20). The number of aromatic carboxylic acids is 1. The summed E-state index contributed by atoms with van der Waals surface area (Å²) < 4.78 is 5.60. The molecule has 0 bridgehead atoms. The third-order valence-electron chi connectivity index (χ3n) is 3.49. The van der Waals surface area contributed by atoms with Crippen LogP contribution in [0, 0.1) is 0 Å². The fraction of sp³-hybridized carbons (Fsp3) is 0.200. The number of rotatable bonds is 3. The van der Waals surface area contributed by atoms with Crippen molar-refractivity contribution in [2.24, 2.45) is 0 Å². The molecule has 6 heteroatoms. The molecule has 0 amide bonds. The molecule has 2 aromatic rings. The van der Waals surface area contributed by atoms with Gasteiger partial charge in [0.05, 0.1) is 23.9 Å². The minimum Gasteiger partial charge on any atom is -0.493 e. The number of pyridine rings is 1. The average Bonchev–Trinajstić information content (AvgIpc) is 2.49. The number of nitrogen functional groups attached to an aromatic ring is 1. The van der Waals surface area contributed by atoms with Gasteiger partial charge < -0.3 is 20.9 Å². The summed E-state index contributed by atoms with van der Waals surface area (Å²) in [5.74, 6) is 0.149. The predicted octanol–water partition coefficient (Wildman–Crippen LogP) is 2.30. The molecule has 0 fully saturated rings. The lowest BCUT2D eigenvalue weighted by Crippen LogP contribution is -2.21. The first-order valence-electron chi connectivity index (χ1n) is 6.63. The van der Waals surface area contributed by atoms with Gasteiger partial charge in [-0.05, 0) is 12.1 Å². The van der Waals surface area contributed by atoms with Crippen LogP contribution in [0.5, 0.6) is 5.75 Å². The minimum absolute atomic E-state index is 0.00575. The number of carbonyl (C=O) groups is 1. The maximum atomic E-state index is 11.1. The number of para-hydroxylation sites is 1. The first kappa shape index (κ1) is 13.2. The van der Waals surface area contributed by atoms with Gasteiger partial charge in [-0.3, -0.25) is 0 Å². The first-order valence-corrected chi connectivity index (χ1v) is 6.63. The maximum absolute atomic E-state index is 11.1. The maximum Gasteiger partial charge on any atom is 0.337 e. The number of fused-ring (bicyclic) bond motifs is 1. The van der Waals surface area contributed by atoms with Crippen molar-refractivity contribution in [3.63, 3.8) is 0 Å². The largest absolute Gasteiger partial charge is 0.493 e. The van der Waals surface area contributed by atoms with E-state index in [0.29, 0.717) is 12.4 Å². The lowest BCUT2D eigenvalue weighted by Gasteiger charge is -2.27. The van der Waals surface area contributed by atoms with E-state index in [1.54, 1.807) is 0 Å². The highest BCUT2D eigenvalue weighted by Crippen LogP contribution is 2.35. The van der Waals surface area contributed by atoms with Gasteiger partial charge >= 0.3 is 5.97 Å². The van der Waals surface area contributed by atoms with E-state index >= 15 is 0 Å². The summed E-state index contributed by atoms with van der Waals surface area (Å²) >= 11 is 0.